The second-order valence-electron chi connectivity index (χ2n) is 8.72. The average molecular weight is 446 g/mol. The van der Waals surface area contributed by atoms with Crippen LogP contribution >= 0.6 is 0 Å². The number of carbonyl (C=O) groups is 1. The highest BCUT2D eigenvalue weighted by atomic mass is 19.1. The van der Waals surface area contributed by atoms with Gasteiger partial charge < -0.3 is 10.2 Å². The van der Waals surface area contributed by atoms with Crippen LogP contribution in [0.4, 0.5) is 10.1 Å². The number of hydrogen-bond acceptors (Lipinski definition) is 3. The molecule has 4 rings (SSSR count). The van der Waals surface area contributed by atoms with E-state index in [2.05, 4.69) is 63.6 Å². The topological polar surface area (TPSA) is 35.6 Å². The van der Waals surface area contributed by atoms with Crippen LogP contribution < -0.4 is 10.2 Å². The summed E-state index contributed by atoms with van der Waals surface area (Å²) >= 11 is 0. The summed E-state index contributed by atoms with van der Waals surface area (Å²) in [4.78, 5) is 16.1. The minimum Gasteiger partial charge on any atom is -0.369 e. The molecule has 33 heavy (non-hydrogen) atoms. The summed E-state index contributed by atoms with van der Waals surface area (Å²) in [5.74, 6) is -0.193. The van der Waals surface area contributed by atoms with Crippen LogP contribution in [0.15, 0.2) is 84.9 Å². The van der Waals surface area contributed by atoms with Gasteiger partial charge in [0.1, 0.15) is 5.82 Å². The zero-order valence-corrected chi connectivity index (χ0v) is 19.0. The molecule has 3 aromatic carbocycles. The minimum absolute atomic E-state index is 0.193. The maximum absolute atomic E-state index is 13.2. The maximum Gasteiger partial charge on any atom is 0.207 e. The first-order valence-electron chi connectivity index (χ1n) is 11.7. The Balaban J connectivity index is 1.42. The molecule has 0 unspecified atom stereocenters. The van der Waals surface area contributed by atoms with Crippen LogP contribution in [-0.2, 0) is 10.2 Å². The smallest absolute Gasteiger partial charge is 0.207 e. The molecule has 1 fully saturated rings. The van der Waals surface area contributed by atoms with Crippen molar-refractivity contribution in [1.82, 2.24) is 10.2 Å². The Labute approximate surface area is 196 Å². The van der Waals surface area contributed by atoms with E-state index in [1.54, 1.807) is 0 Å². The van der Waals surface area contributed by atoms with Crippen LogP contribution in [0.25, 0.3) is 0 Å². The molecule has 0 saturated carbocycles. The molecule has 1 saturated heterocycles. The summed E-state index contributed by atoms with van der Waals surface area (Å²) in [6.07, 6.45) is 2.77. The standard InChI is InChI=1S/C28H32FN3O/c29-26-12-14-27(15-13-26)32-20-18-31(19-21-32)17-7-16-28(22-30-23-33,24-8-3-1-4-9-24)25-10-5-2-6-11-25/h1-6,8-15,23H,7,16-22H2,(H,30,33). The van der Waals surface area contributed by atoms with Gasteiger partial charge in [-0.3, -0.25) is 9.69 Å². The molecule has 3 aromatic rings. The van der Waals surface area contributed by atoms with Crippen LogP contribution in [0.5, 0.6) is 0 Å². The summed E-state index contributed by atoms with van der Waals surface area (Å²) in [7, 11) is 0. The Morgan fingerprint density at radius 2 is 1.39 bits per heavy atom. The fourth-order valence-corrected chi connectivity index (χ4v) is 4.96. The lowest BCUT2D eigenvalue weighted by atomic mass is 9.71. The van der Waals surface area contributed by atoms with Gasteiger partial charge in [0.15, 0.2) is 0 Å². The summed E-state index contributed by atoms with van der Waals surface area (Å²) < 4.78 is 13.2. The zero-order valence-electron chi connectivity index (χ0n) is 19.0. The van der Waals surface area contributed by atoms with Crippen LogP contribution in [0, 0.1) is 5.82 Å². The number of amides is 1. The van der Waals surface area contributed by atoms with Crippen molar-refractivity contribution in [3.05, 3.63) is 102 Å². The predicted molar refractivity (Wildman–Crippen MR) is 132 cm³/mol. The fraction of sp³-hybridized carbons (Fsp3) is 0.321. The number of rotatable bonds is 10. The summed E-state index contributed by atoms with van der Waals surface area (Å²) in [5.41, 5.74) is 3.28. The van der Waals surface area contributed by atoms with E-state index >= 15 is 0 Å². The highest BCUT2D eigenvalue weighted by molar-refractivity contribution is 5.49. The van der Waals surface area contributed by atoms with Crippen molar-refractivity contribution in [3.8, 4) is 0 Å². The molecule has 0 atom stereocenters. The highest BCUT2D eigenvalue weighted by Crippen LogP contribution is 2.36. The molecule has 0 radical (unpaired) electrons. The molecule has 1 aliphatic rings. The molecular weight excluding hydrogens is 413 g/mol. The maximum atomic E-state index is 13.2. The molecule has 0 spiro atoms. The molecule has 1 heterocycles. The first-order chi connectivity index (χ1) is 16.2. The van der Waals surface area contributed by atoms with Gasteiger partial charge in [0.25, 0.3) is 0 Å². The Kier molecular flexibility index (Phi) is 7.74. The summed E-state index contributed by atoms with van der Waals surface area (Å²) in [6.45, 7) is 5.46. The van der Waals surface area contributed by atoms with Gasteiger partial charge in [-0.25, -0.2) is 4.39 Å². The molecule has 172 valence electrons. The van der Waals surface area contributed by atoms with Crippen molar-refractivity contribution in [1.29, 1.82) is 0 Å². The van der Waals surface area contributed by atoms with E-state index in [0.29, 0.717) is 6.54 Å². The lowest BCUT2D eigenvalue weighted by Gasteiger charge is -2.38. The number of benzene rings is 3. The Morgan fingerprint density at radius 1 is 0.818 bits per heavy atom. The first-order valence-corrected chi connectivity index (χ1v) is 11.7. The van der Waals surface area contributed by atoms with Gasteiger partial charge in [-0.1, -0.05) is 60.7 Å². The van der Waals surface area contributed by atoms with Crippen molar-refractivity contribution in [3.63, 3.8) is 0 Å². The predicted octanol–water partition coefficient (Wildman–Crippen LogP) is 4.46. The number of anilines is 1. The Morgan fingerprint density at radius 3 is 1.94 bits per heavy atom. The molecule has 1 aliphatic heterocycles. The largest absolute Gasteiger partial charge is 0.369 e. The summed E-state index contributed by atoms with van der Waals surface area (Å²) in [5, 5.41) is 2.97. The van der Waals surface area contributed by atoms with Crippen molar-refractivity contribution < 1.29 is 9.18 Å². The Hall–Kier alpha value is -3.18. The number of hydrogen-bond donors (Lipinski definition) is 1. The van der Waals surface area contributed by atoms with Crippen LogP contribution in [0.1, 0.15) is 24.0 Å². The van der Waals surface area contributed by atoms with Gasteiger partial charge in [-0.15, -0.1) is 0 Å². The van der Waals surface area contributed by atoms with E-state index in [1.165, 1.54) is 23.3 Å². The van der Waals surface area contributed by atoms with Gasteiger partial charge in [-0.2, -0.15) is 0 Å². The number of nitrogens with one attached hydrogen (secondary N) is 1. The Bertz CT molecular complexity index is 947. The van der Waals surface area contributed by atoms with Gasteiger partial charge >= 0.3 is 0 Å². The second kappa shape index (κ2) is 11.1. The van der Waals surface area contributed by atoms with E-state index in [0.717, 1.165) is 57.7 Å². The van der Waals surface area contributed by atoms with Crippen molar-refractivity contribution in [2.24, 2.45) is 0 Å². The highest BCUT2D eigenvalue weighted by Gasteiger charge is 2.34. The van der Waals surface area contributed by atoms with E-state index in [1.807, 2.05) is 24.3 Å². The lowest BCUT2D eigenvalue weighted by molar-refractivity contribution is -0.109. The van der Waals surface area contributed by atoms with Crippen LogP contribution in [0.3, 0.4) is 0 Å². The molecule has 0 aliphatic carbocycles. The average Bonchev–Trinajstić information content (AvgIpc) is 2.88. The molecule has 0 bridgehead atoms. The van der Waals surface area contributed by atoms with Gasteiger partial charge in [0.05, 0.1) is 0 Å². The third kappa shape index (κ3) is 5.60. The first kappa shape index (κ1) is 23.0. The molecule has 4 nitrogen and oxygen atoms in total. The molecule has 1 amide bonds. The lowest BCUT2D eigenvalue weighted by Crippen LogP contribution is -2.47. The van der Waals surface area contributed by atoms with E-state index < -0.39 is 0 Å². The number of nitrogens with zero attached hydrogens (tertiary/aromatic N) is 2. The third-order valence-electron chi connectivity index (χ3n) is 6.78. The molecular formula is C28H32FN3O. The SMILES string of the molecule is O=CNCC(CCCN1CCN(c2ccc(F)cc2)CC1)(c1ccccc1)c1ccccc1. The van der Waals surface area contributed by atoms with Gasteiger partial charge in [-0.05, 0) is 54.8 Å². The molecule has 0 aromatic heterocycles. The number of carbonyl (C=O) groups excluding carboxylic acids is 1. The third-order valence-corrected chi connectivity index (χ3v) is 6.78. The fourth-order valence-electron chi connectivity index (χ4n) is 4.96. The number of piperazine rings is 1. The van der Waals surface area contributed by atoms with E-state index in [4.69, 9.17) is 0 Å². The normalized spacial score (nSPS) is 14.8. The van der Waals surface area contributed by atoms with Crippen LogP contribution in [0.2, 0.25) is 0 Å². The van der Waals surface area contributed by atoms with Gasteiger partial charge in [0.2, 0.25) is 6.41 Å². The zero-order chi connectivity index (χ0) is 22.9. The van der Waals surface area contributed by atoms with E-state index in [-0.39, 0.29) is 11.2 Å². The van der Waals surface area contributed by atoms with E-state index in [9.17, 15) is 9.18 Å². The van der Waals surface area contributed by atoms with Gasteiger partial charge in [0, 0.05) is 43.8 Å². The minimum atomic E-state index is -0.265. The van der Waals surface area contributed by atoms with Crippen LogP contribution in [-0.4, -0.2) is 50.6 Å². The quantitative estimate of drug-likeness (QED) is 0.468. The second-order valence-corrected chi connectivity index (χ2v) is 8.72. The monoisotopic (exact) mass is 445 g/mol. The molecule has 5 heteroatoms. The van der Waals surface area contributed by atoms with Crippen molar-refractivity contribution in [2.45, 2.75) is 18.3 Å². The van der Waals surface area contributed by atoms with Crippen molar-refractivity contribution >= 4 is 12.1 Å². The van der Waals surface area contributed by atoms with Crippen molar-refractivity contribution in [2.75, 3.05) is 44.2 Å². The number of halogens is 1. The molecule has 1 N–H and O–H groups in total. The summed E-state index contributed by atoms with van der Waals surface area (Å²) in [6, 6.07) is 27.8.